The molecule has 0 saturated heterocycles. The lowest BCUT2D eigenvalue weighted by Crippen LogP contribution is -2.34. The van der Waals surface area contributed by atoms with Crippen molar-refractivity contribution in [1.29, 1.82) is 0 Å². The Labute approximate surface area is 94.9 Å². The molecule has 0 spiro atoms. The molecule has 0 fully saturated rings. The molecule has 0 saturated carbocycles. The van der Waals surface area contributed by atoms with Crippen molar-refractivity contribution in [2.24, 2.45) is 0 Å². The van der Waals surface area contributed by atoms with Crippen LogP contribution in [-0.4, -0.2) is 25.0 Å². The van der Waals surface area contributed by atoms with Crippen LogP contribution in [0.4, 0.5) is 0 Å². The van der Waals surface area contributed by atoms with E-state index in [4.69, 9.17) is 0 Å². The summed E-state index contributed by atoms with van der Waals surface area (Å²) in [5, 5.41) is 6.12. The van der Waals surface area contributed by atoms with Gasteiger partial charge in [0.15, 0.2) is 0 Å². The van der Waals surface area contributed by atoms with Crippen molar-refractivity contribution in [3.63, 3.8) is 0 Å². The van der Waals surface area contributed by atoms with E-state index in [-0.39, 0.29) is 5.91 Å². The highest BCUT2D eigenvalue weighted by Gasteiger charge is 2.06. The van der Waals surface area contributed by atoms with Crippen LogP contribution >= 0.6 is 11.3 Å². The summed E-state index contributed by atoms with van der Waals surface area (Å²) in [6.07, 6.45) is 0. The van der Waals surface area contributed by atoms with Crippen molar-refractivity contribution in [1.82, 2.24) is 10.6 Å². The maximum Gasteiger partial charge on any atom is 0.261 e. The zero-order valence-corrected chi connectivity index (χ0v) is 10.3. The van der Waals surface area contributed by atoms with Gasteiger partial charge in [0.2, 0.25) is 0 Å². The number of aryl methyl sites for hydroxylation is 1. The Hall–Kier alpha value is -0.870. The van der Waals surface area contributed by atoms with E-state index in [9.17, 15) is 4.79 Å². The maximum atomic E-state index is 11.6. The maximum absolute atomic E-state index is 11.6. The molecule has 2 N–H and O–H groups in total. The molecule has 0 aliphatic heterocycles. The Bertz CT molecular complexity index is 320. The van der Waals surface area contributed by atoms with Gasteiger partial charge in [-0.2, -0.15) is 0 Å². The number of amides is 1. The van der Waals surface area contributed by atoms with Gasteiger partial charge in [0.05, 0.1) is 4.88 Å². The van der Waals surface area contributed by atoms with E-state index in [0.29, 0.717) is 12.6 Å². The Morgan fingerprint density at radius 3 is 2.67 bits per heavy atom. The second kappa shape index (κ2) is 5.88. The third-order valence-electron chi connectivity index (χ3n) is 1.93. The highest BCUT2D eigenvalue weighted by atomic mass is 32.1. The van der Waals surface area contributed by atoms with Crippen molar-refractivity contribution in [2.45, 2.75) is 26.8 Å². The molecule has 0 radical (unpaired) electrons. The van der Waals surface area contributed by atoms with Crippen LogP contribution in [0.15, 0.2) is 12.1 Å². The molecule has 1 heterocycles. The zero-order chi connectivity index (χ0) is 11.3. The van der Waals surface area contributed by atoms with Gasteiger partial charge in [-0.15, -0.1) is 11.3 Å². The summed E-state index contributed by atoms with van der Waals surface area (Å²) >= 11 is 1.53. The molecule has 4 heteroatoms. The van der Waals surface area contributed by atoms with E-state index in [1.807, 2.05) is 19.1 Å². The fourth-order valence-corrected chi connectivity index (χ4v) is 1.96. The molecule has 0 unspecified atom stereocenters. The molecule has 1 rings (SSSR count). The number of hydrogen-bond acceptors (Lipinski definition) is 3. The third-order valence-corrected chi connectivity index (χ3v) is 2.93. The van der Waals surface area contributed by atoms with E-state index >= 15 is 0 Å². The van der Waals surface area contributed by atoms with Crippen LogP contribution in [0.5, 0.6) is 0 Å². The van der Waals surface area contributed by atoms with Gasteiger partial charge in [-0.3, -0.25) is 4.79 Å². The lowest BCUT2D eigenvalue weighted by atomic mass is 10.4. The van der Waals surface area contributed by atoms with Crippen LogP contribution in [0.3, 0.4) is 0 Å². The van der Waals surface area contributed by atoms with Crippen LogP contribution in [0.1, 0.15) is 28.4 Å². The van der Waals surface area contributed by atoms with Gasteiger partial charge >= 0.3 is 0 Å². The zero-order valence-electron chi connectivity index (χ0n) is 9.46. The molecule has 0 aliphatic rings. The topological polar surface area (TPSA) is 41.1 Å². The predicted octanol–water partition coefficient (Wildman–Crippen LogP) is 1.78. The van der Waals surface area contributed by atoms with Crippen molar-refractivity contribution in [3.8, 4) is 0 Å². The molecular formula is C11H18N2OS. The van der Waals surface area contributed by atoms with Gasteiger partial charge in [0, 0.05) is 24.0 Å². The Balaban J connectivity index is 2.25. The number of thiophene rings is 1. The lowest BCUT2D eigenvalue weighted by molar-refractivity contribution is 0.0957. The largest absolute Gasteiger partial charge is 0.350 e. The number of hydrogen-bond donors (Lipinski definition) is 2. The molecule has 0 aromatic carbocycles. The van der Waals surface area contributed by atoms with Gasteiger partial charge < -0.3 is 10.6 Å². The average Bonchev–Trinajstić information content (AvgIpc) is 2.59. The highest BCUT2D eigenvalue weighted by molar-refractivity contribution is 7.13. The van der Waals surface area contributed by atoms with Crippen molar-refractivity contribution < 1.29 is 4.79 Å². The molecule has 1 amide bonds. The second-order valence-corrected chi connectivity index (χ2v) is 5.06. The van der Waals surface area contributed by atoms with Gasteiger partial charge in [-0.1, -0.05) is 13.8 Å². The van der Waals surface area contributed by atoms with Crippen molar-refractivity contribution in [2.75, 3.05) is 13.1 Å². The summed E-state index contributed by atoms with van der Waals surface area (Å²) in [5.41, 5.74) is 0. The molecule has 1 aromatic rings. The summed E-state index contributed by atoms with van der Waals surface area (Å²) in [7, 11) is 0. The number of rotatable bonds is 5. The summed E-state index contributed by atoms with van der Waals surface area (Å²) in [5.74, 6) is 0.0265. The van der Waals surface area contributed by atoms with E-state index < -0.39 is 0 Å². The summed E-state index contributed by atoms with van der Waals surface area (Å²) in [6, 6.07) is 4.29. The van der Waals surface area contributed by atoms with Crippen LogP contribution < -0.4 is 10.6 Å². The molecule has 0 bridgehead atoms. The summed E-state index contributed by atoms with van der Waals surface area (Å²) in [4.78, 5) is 13.5. The number of nitrogens with one attached hydrogen (secondary N) is 2. The Morgan fingerprint density at radius 1 is 1.40 bits per heavy atom. The Kier molecular flexibility index (Phi) is 4.78. The number of carbonyl (C=O) groups is 1. The lowest BCUT2D eigenvalue weighted by Gasteiger charge is -2.08. The minimum Gasteiger partial charge on any atom is -0.350 e. The third kappa shape index (κ3) is 4.44. The molecule has 1 aromatic heterocycles. The second-order valence-electron chi connectivity index (χ2n) is 3.78. The van der Waals surface area contributed by atoms with Crippen molar-refractivity contribution in [3.05, 3.63) is 21.9 Å². The quantitative estimate of drug-likeness (QED) is 0.751. The number of carbonyl (C=O) groups excluding carboxylic acids is 1. The molecule has 3 nitrogen and oxygen atoms in total. The first-order chi connectivity index (χ1) is 7.09. The highest BCUT2D eigenvalue weighted by Crippen LogP contribution is 2.14. The fraction of sp³-hybridized carbons (Fsp3) is 0.545. The SMILES string of the molecule is Cc1ccc(C(=O)NCCNC(C)C)s1. The average molecular weight is 226 g/mol. The van der Waals surface area contributed by atoms with E-state index in [1.165, 1.54) is 16.2 Å². The molecular weight excluding hydrogens is 208 g/mol. The monoisotopic (exact) mass is 226 g/mol. The van der Waals surface area contributed by atoms with Crippen LogP contribution in [0.25, 0.3) is 0 Å². The first kappa shape index (κ1) is 12.2. The molecule has 0 aliphatic carbocycles. The van der Waals surface area contributed by atoms with E-state index in [1.54, 1.807) is 0 Å². The van der Waals surface area contributed by atoms with Crippen LogP contribution in [0, 0.1) is 6.92 Å². The van der Waals surface area contributed by atoms with Crippen LogP contribution in [-0.2, 0) is 0 Å². The van der Waals surface area contributed by atoms with Gasteiger partial charge in [-0.05, 0) is 19.1 Å². The summed E-state index contributed by atoms with van der Waals surface area (Å²) < 4.78 is 0. The van der Waals surface area contributed by atoms with Gasteiger partial charge in [0.1, 0.15) is 0 Å². The first-order valence-corrected chi connectivity index (χ1v) is 5.99. The fourth-order valence-electron chi connectivity index (χ4n) is 1.18. The van der Waals surface area contributed by atoms with Gasteiger partial charge in [0.25, 0.3) is 5.91 Å². The standard InChI is InChI=1S/C11H18N2OS/c1-8(2)12-6-7-13-11(14)10-5-4-9(3)15-10/h4-5,8,12H,6-7H2,1-3H3,(H,13,14). The predicted molar refractivity (Wildman–Crippen MR) is 64.5 cm³/mol. The normalized spacial score (nSPS) is 10.7. The van der Waals surface area contributed by atoms with Crippen molar-refractivity contribution >= 4 is 17.2 Å². The van der Waals surface area contributed by atoms with E-state index in [0.717, 1.165) is 11.4 Å². The minimum atomic E-state index is 0.0265. The van der Waals surface area contributed by atoms with Crippen LogP contribution in [0.2, 0.25) is 0 Å². The Morgan fingerprint density at radius 2 is 2.13 bits per heavy atom. The first-order valence-electron chi connectivity index (χ1n) is 5.17. The summed E-state index contributed by atoms with van der Waals surface area (Å²) in [6.45, 7) is 7.67. The smallest absolute Gasteiger partial charge is 0.261 e. The molecule has 0 atom stereocenters. The van der Waals surface area contributed by atoms with E-state index in [2.05, 4.69) is 24.5 Å². The van der Waals surface area contributed by atoms with Gasteiger partial charge in [-0.25, -0.2) is 0 Å². The molecule has 84 valence electrons. The molecule has 15 heavy (non-hydrogen) atoms. The minimum absolute atomic E-state index is 0.0265.